The molecule has 7 rings (SSSR count). The fraction of sp³-hybridized carbons (Fsp3) is 0.129. The van der Waals surface area contributed by atoms with Gasteiger partial charge in [-0.2, -0.15) is 4.57 Å². The van der Waals surface area contributed by atoms with E-state index in [9.17, 15) is 0 Å². The summed E-state index contributed by atoms with van der Waals surface area (Å²) in [6.07, 6.45) is 4.45. The summed E-state index contributed by atoms with van der Waals surface area (Å²) in [5, 5.41) is 2.60. The van der Waals surface area contributed by atoms with E-state index in [0.29, 0.717) is 0 Å². The van der Waals surface area contributed by atoms with Crippen molar-refractivity contribution in [3.8, 4) is 22.8 Å². The Labute approximate surface area is 199 Å². The zero-order valence-electron chi connectivity index (χ0n) is 19.7. The zero-order valence-corrected chi connectivity index (χ0v) is 19.7. The highest BCUT2D eigenvalue weighted by molar-refractivity contribution is 6.10. The van der Waals surface area contributed by atoms with Gasteiger partial charge < -0.3 is 4.57 Å². The van der Waals surface area contributed by atoms with E-state index in [4.69, 9.17) is 0 Å². The van der Waals surface area contributed by atoms with E-state index in [1.165, 1.54) is 66.8 Å². The van der Waals surface area contributed by atoms with Gasteiger partial charge in [0, 0.05) is 22.0 Å². The Morgan fingerprint density at radius 1 is 0.735 bits per heavy atom. The quantitative estimate of drug-likeness (QED) is 0.262. The molecule has 164 valence electrons. The number of aromatic nitrogens is 3. The minimum atomic E-state index is 0.897. The lowest BCUT2D eigenvalue weighted by Gasteiger charge is -2.10. The first-order valence-electron chi connectivity index (χ1n) is 11.9. The molecule has 0 N–H and O–H groups in total. The van der Waals surface area contributed by atoms with Gasteiger partial charge >= 0.3 is 0 Å². The largest absolute Gasteiger partial charge is 0.309 e. The molecule has 3 heteroatoms. The predicted octanol–water partition coefficient (Wildman–Crippen LogP) is 6.82. The van der Waals surface area contributed by atoms with E-state index < -0.39 is 0 Å². The van der Waals surface area contributed by atoms with Crippen LogP contribution in [0.2, 0.25) is 0 Å². The van der Waals surface area contributed by atoms with Crippen LogP contribution >= 0.6 is 0 Å². The highest BCUT2D eigenvalue weighted by Gasteiger charge is 2.32. The number of aryl methyl sites for hydroxylation is 3. The molecule has 0 fully saturated rings. The third-order valence-electron chi connectivity index (χ3n) is 7.27. The van der Waals surface area contributed by atoms with Crippen LogP contribution in [0.4, 0.5) is 0 Å². The molecule has 0 saturated carbocycles. The first-order valence-corrected chi connectivity index (χ1v) is 11.9. The predicted molar refractivity (Wildman–Crippen MR) is 139 cm³/mol. The fourth-order valence-corrected chi connectivity index (χ4v) is 6.01. The summed E-state index contributed by atoms with van der Waals surface area (Å²) in [6, 6.07) is 28.9. The molecule has 6 aromatic rings. The Hall–Kier alpha value is -4.11. The number of hydrogen-bond donors (Lipinski definition) is 0. The summed E-state index contributed by atoms with van der Waals surface area (Å²) in [7, 11) is 0. The highest BCUT2D eigenvalue weighted by Crippen LogP contribution is 2.39. The number of para-hydroxylation sites is 2. The average molecular weight is 441 g/mol. The molecule has 0 radical (unpaired) electrons. The van der Waals surface area contributed by atoms with E-state index in [-0.39, 0.29) is 0 Å². The number of nitrogens with zero attached hydrogens (tertiary/aromatic N) is 3. The lowest BCUT2D eigenvalue weighted by molar-refractivity contribution is -0.671. The summed E-state index contributed by atoms with van der Waals surface area (Å²) in [5.74, 6) is 1.27. The van der Waals surface area contributed by atoms with E-state index in [0.717, 1.165) is 6.54 Å². The molecule has 0 atom stereocenters. The van der Waals surface area contributed by atoms with Gasteiger partial charge in [-0.1, -0.05) is 54.1 Å². The Bertz CT molecular complexity index is 1730. The maximum Gasteiger partial charge on any atom is 0.294 e. The van der Waals surface area contributed by atoms with Crippen LogP contribution in [0, 0.1) is 20.8 Å². The van der Waals surface area contributed by atoms with E-state index >= 15 is 0 Å². The molecular weight excluding hydrogens is 414 g/mol. The van der Waals surface area contributed by atoms with Crippen LogP contribution in [-0.2, 0) is 6.54 Å². The van der Waals surface area contributed by atoms with Gasteiger partial charge in [0.2, 0.25) is 0 Å². The van der Waals surface area contributed by atoms with E-state index in [1.807, 2.05) is 0 Å². The van der Waals surface area contributed by atoms with Crippen molar-refractivity contribution in [2.45, 2.75) is 27.3 Å². The van der Waals surface area contributed by atoms with Crippen molar-refractivity contribution in [2.24, 2.45) is 0 Å². The van der Waals surface area contributed by atoms with Gasteiger partial charge in [-0.3, -0.25) is 0 Å². The van der Waals surface area contributed by atoms with Crippen LogP contribution in [0.5, 0.6) is 0 Å². The van der Waals surface area contributed by atoms with Gasteiger partial charge in [0.15, 0.2) is 0 Å². The summed E-state index contributed by atoms with van der Waals surface area (Å²) in [4.78, 5) is 0. The lowest BCUT2D eigenvalue weighted by Crippen LogP contribution is -2.30. The Morgan fingerprint density at radius 2 is 1.47 bits per heavy atom. The number of imidazole rings is 1. The minimum absolute atomic E-state index is 0.897. The molecule has 34 heavy (non-hydrogen) atoms. The lowest BCUT2D eigenvalue weighted by atomic mass is 10.0. The standard InChI is InChI=1S/C31H26N3/c1-20-15-21(2)30(22(3)16-20)33-14-13-32-19-23-17-29-27(18-26(23)31(32)33)25-11-7-8-12-28(25)34(29)24-9-5-4-6-10-24/h4-18H,19H2,1-3H3/q+1. The Morgan fingerprint density at radius 3 is 2.26 bits per heavy atom. The van der Waals surface area contributed by atoms with Crippen molar-refractivity contribution in [3.05, 3.63) is 114 Å². The molecule has 3 heterocycles. The third-order valence-corrected chi connectivity index (χ3v) is 7.27. The molecule has 3 nitrogen and oxygen atoms in total. The van der Waals surface area contributed by atoms with Crippen LogP contribution in [0.3, 0.4) is 0 Å². The molecule has 1 aliphatic heterocycles. The van der Waals surface area contributed by atoms with Crippen LogP contribution in [0.15, 0.2) is 91.3 Å². The second kappa shape index (κ2) is 6.94. The molecule has 0 aliphatic carbocycles. The number of benzene rings is 4. The normalized spacial score (nSPS) is 12.4. The zero-order chi connectivity index (χ0) is 23.0. The Kier molecular flexibility index (Phi) is 3.96. The minimum Gasteiger partial charge on any atom is -0.309 e. The van der Waals surface area contributed by atoms with Crippen molar-refractivity contribution in [3.63, 3.8) is 0 Å². The monoisotopic (exact) mass is 440 g/mol. The number of rotatable bonds is 2. The SMILES string of the molecule is Cc1cc(C)c(-n2cc[n+]3c2-c2cc4c5ccccc5n(-c5ccccc5)c4cc2C3)c(C)c1. The van der Waals surface area contributed by atoms with Gasteiger partial charge in [0.05, 0.1) is 16.6 Å². The highest BCUT2D eigenvalue weighted by atomic mass is 15.2. The molecule has 0 bridgehead atoms. The molecule has 1 aliphatic rings. The molecule has 0 unspecified atom stereocenters. The van der Waals surface area contributed by atoms with E-state index in [1.54, 1.807) is 0 Å². The van der Waals surface area contributed by atoms with Crippen LogP contribution < -0.4 is 4.57 Å². The van der Waals surface area contributed by atoms with Crippen LogP contribution in [-0.4, -0.2) is 9.13 Å². The first kappa shape index (κ1) is 19.4. The Balaban J connectivity index is 1.52. The molecule has 0 spiro atoms. The van der Waals surface area contributed by atoms with E-state index in [2.05, 4.69) is 126 Å². The molecular formula is C31H26N3+. The fourth-order valence-electron chi connectivity index (χ4n) is 6.01. The number of fused-ring (bicyclic) bond motifs is 6. The van der Waals surface area contributed by atoms with Crippen molar-refractivity contribution in [1.29, 1.82) is 0 Å². The topological polar surface area (TPSA) is 13.7 Å². The summed E-state index contributed by atoms with van der Waals surface area (Å²) in [6.45, 7) is 7.51. The maximum atomic E-state index is 2.42. The molecule has 0 saturated heterocycles. The molecule has 0 amide bonds. The van der Waals surface area contributed by atoms with Crippen molar-refractivity contribution < 1.29 is 4.57 Å². The average Bonchev–Trinajstić information content (AvgIpc) is 3.48. The summed E-state index contributed by atoms with van der Waals surface area (Å²) >= 11 is 0. The maximum absolute atomic E-state index is 2.42. The summed E-state index contributed by atoms with van der Waals surface area (Å²) < 4.78 is 7.18. The van der Waals surface area contributed by atoms with Crippen molar-refractivity contribution in [2.75, 3.05) is 0 Å². The van der Waals surface area contributed by atoms with Gasteiger partial charge in [-0.25, -0.2) is 4.57 Å². The van der Waals surface area contributed by atoms with Crippen molar-refractivity contribution in [1.82, 2.24) is 9.13 Å². The summed E-state index contributed by atoms with van der Waals surface area (Å²) in [5.41, 5.74) is 11.6. The van der Waals surface area contributed by atoms with Crippen LogP contribution in [0.1, 0.15) is 22.3 Å². The molecule has 4 aromatic carbocycles. The molecule has 2 aromatic heterocycles. The van der Waals surface area contributed by atoms with Gasteiger partial charge in [-0.15, -0.1) is 0 Å². The number of hydrogen-bond acceptors (Lipinski definition) is 0. The van der Waals surface area contributed by atoms with Crippen LogP contribution in [0.25, 0.3) is 44.6 Å². The second-order valence-corrected chi connectivity index (χ2v) is 9.58. The third kappa shape index (κ3) is 2.61. The smallest absolute Gasteiger partial charge is 0.294 e. The first-order chi connectivity index (χ1) is 16.6. The van der Waals surface area contributed by atoms with Gasteiger partial charge in [-0.05, 0) is 62.2 Å². The second-order valence-electron chi connectivity index (χ2n) is 9.58. The van der Waals surface area contributed by atoms with Gasteiger partial charge in [0.1, 0.15) is 24.6 Å². The van der Waals surface area contributed by atoms with Gasteiger partial charge in [0.25, 0.3) is 5.82 Å². The van der Waals surface area contributed by atoms with Crippen molar-refractivity contribution >= 4 is 21.8 Å².